The molecule has 0 atom stereocenters. The first kappa shape index (κ1) is 11.1. The Kier molecular flexibility index (Phi) is 3.44. The molecule has 0 fully saturated rings. The van der Waals surface area contributed by atoms with Crippen molar-refractivity contribution in [3.05, 3.63) is 50.6 Å². The summed E-state index contributed by atoms with van der Waals surface area (Å²) in [5, 5.41) is 0.729. The highest BCUT2D eigenvalue weighted by Gasteiger charge is 2.04. The third kappa shape index (κ3) is 2.60. The molecule has 1 aromatic carbocycles. The van der Waals surface area contributed by atoms with Gasteiger partial charge in [0.25, 0.3) is 0 Å². The van der Waals surface area contributed by atoms with Crippen LogP contribution in [0, 0.1) is 0 Å². The second kappa shape index (κ2) is 4.64. The van der Waals surface area contributed by atoms with Crippen LogP contribution in [0.1, 0.15) is 0 Å². The van der Waals surface area contributed by atoms with Crippen molar-refractivity contribution >= 4 is 43.5 Å². The normalized spacial score (nSPS) is 10.3. The Morgan fingerprint density at radius 3 is 2.67 bits per heavy atom. The van der Waals surface area contributed by atoms with Crippen molar-refractivity contribution in [2.24, 2.45) is 0 Å². The number of aromatic nitrogens is 1. The lowest BCUT2D eigenvalue weighted by molar-refractivity contribution is 1.26. The fraction of sp³-hybridized carbons (Fsp3) is 0. The van der Waals surface area contributed by atoms with Gasteiger partial charge in [0, 0.05) is 21.3 Å². The van der Waals surface area contributed by atoms with E-state index in [0.29, 0.717) is 0 Å². The Bertz CT molecular complexity index is 500. The largest absolute Gasteiger partial charge is 0.248 e. The summed E-state index contributed by atoms with van der Waals surface area (Å²) in [7, 11) is 0. The molecule has 0 saturated heterocycles. The Morgan fingerprint density at radius 1 is 1.13 bits per heavy atom. The molecular weight excluding hydrogens is 341 g/mol. The Morgan fingerprint density at radius 2 is 1.93 bits per heavy atom. The zero-order chi connectivity index (χ0) is 10.8. The molecule has 0 aliphatic rings. The average molecular weight is 347 g/mol. The fourth-order valence-electron chi connectivity index (χ4n) is 1.29. The lowest BCUT2D eigenvalue weighted by Crippen LogP contribution is -1.83. The van der Waals surface area contributed by atoms with Crippen LogP contribution < -0.4 is 0 Å². The second-order valence-electron chi connectivity index (χ2n) is 3.00. The first-order valence-corrected chi connectivity index (χ1v) is 6.20. The molecule has 2 aromatic rings. The summed E-state index contributed by atoms with van der Waals surface area (Å²) < 4.78 is 1.76. The van der Waals surface area contributed by atoms with Crippen molar-refractivity contribution in [3.63, 3.8) is 0 Å². The third-order valence-corrected chi connectivity index (χ3v) is 3.26. The molecular formula is C11H6Br2ClN. The van der Waals surface area contributed by atoms with Gasteiger partial charge in [0.05, 0.1) is 0 Å². The quantitative estimate of drug-likeness (QED) is 0.667. The summed E-state index contributed by atoms with van der Waals surface area (Å²) in [6.45, 7) is 0. The maximum absolute atomic E-state index is 5.94. The number of halogens is 3. The monoisotopic (exact) mass is 345 g/mol. The van der Waals surface area contributed by atoms with Crippen LogP contribution in [-0.4, -0.2) is 4.98 Å². The van der Waals surface area contributed by atoms with Gasteiger partial charge in [-0.05, 0) is 55.6 Å². The molecule has 4 heteroatoms. The zero-order valence-corrected chi connectivity index (χ0v) is 11.5. The smallest absolute Gasteiger partial charge is 0.106 e. The van der Waals surface area contributed by atoms with Gasteiger partial charge in [-0.15, -0.1) is 0 Å². The zero-order valence-electron chi connectivity index (χ0n) is 7.55. The molecule has 0 radical (unpaired) electrons. The summed E-state index contributed by atoms with van der Waals surface area (Å²) in [6, 6.07) is 9.68. The van der Waals surface area contributed by atoms with Gasteiger partial charge in [0.2, 0.25) is 0 Å². The highest BCUT2D eigenvalue weighted by Crippen LogP contribution is 2.30. The number of rotatable bonds is 1. The van der Waals surface area contributed by atoms with E-state index in [-0.39, 0.29) is 0 Å². The lowest BCUT2D eigenvalue weighted by Gasteiger charge is -2.05. The molecule has 0 aliphatic carbocycles. The molecule has 15 heavy (non-hydrogen) atoms. The van der Waals surface area contributed by atoms with E-state index in [1.165, 1.54) is 0 Å². The summed E-state index contributed by atoms with van der Waals surface area (Å²) in [5.41, 5.74) is 2.14. The van der Waals surface area contributed by atoms with Gasteiger partial charge in [-0.25, -0.2) is 4.98 Å². The summed E-state index contributed by atoms with van der Waals surface area (Å²) in [4.78, 5) is 4.12. The molecule has 0 bridgehead atoms. The van der Waals surface area contributed by atoms with Crippen molar-refractivity contribution in [1.82, 2.24) is 4.98 Å². The second-order valence-corrected chi connectivity index (χ2v) is 5.10. The van der Waals surface area contributed by atoms with Crippen LogP contribution in [0.2, 0.25) is 5.02 Å². The predicted octanol–water partition coefficient (Wildman–Crippen LogP) is 4.93. The first-order chi connectivity index (χ1) is 7.16. The Balaban J connectivity index is 2.58. The van der Waals surface area contributed by atoms with Crippen LogP contribution in [0.4, 0.5) is 0 Å². The van der Waals surface area contributed by atoms with E-state index in [1.807, 2.05) is 30.3 Å². The third-order valence-electron chi connectivity index (χ3n) is 1.96. The highest BCUT2D eigenvalue weighted by molar-refractivity contribution is 9.11. The summed E-state index contributed by atoms with van der Waals surface area (Å²) in [6.07, 6.45) is 1.76. The Hall–Kier alpha value is -0.380. The number of nitrogens with zero attached hydrogens (tertiary/aromatic N) is 1. The van der Waals surface area contributed by atoms with Crippen LogP contribution in [0.15, 0.2) is 45.6 Å². The van der Waals surface area contributed by atoms with Gasteiger partial charge in [-0.3, -0.25) is 0 Å². The molecule has 0 aliphatic heterocycles. The van der Waals surface area contributed by atoms with Crippen LogP contribution in [0.5, 0.6) is 0 Å². The number of pyridine rings is 1. The van der Waals surface area contributed by atoms with Crippen LogP contribution >= 0.6 is 43.5 Å². The van der Waals surface area contributed by atoms with Crippen molar-refractivity contribution in [3.8, 4) is 11.1 Å². The number of benzene rings is 1. The maximum atomic E-state index is 5.94. The minimum absolute atomic E-state index is 0.729. The fourth-order valence-corrected chi connectivity index (χ4v) is 2.26. The molecule has 1 aromatic heterocycles. The van der Waals surface area contributed by atoms with Gasteiger partial charge in [-0.2, -0.15) is 0 Å². The van der Waals surface area contributed by atoms with Gasteiger partial charge in [0.15, 0.2) is 0 Å². The van der Waals surface area contributed by atoms with Gasteiger partial charge < -0.3 is 0 Å². The predicted molar refractivity (Wildman–Crippen MR) is 70.1 cm³/mol. The van der Waals surface area contributed by atoms with Crippen molar-refractivity contribution in [1.29, 1.82) is 0 Å². The molecule has 0 spiro atoms. The molecule has 0 saturated carbocycles. The molecule has 76 valence electrons. The molecule has 1 heterocycles. The van der Waals surface area contributed by atoms with E-state index in [1.54, 1.807) is 6.20 Å². The summed E-state index contributed by atoms with van der Waals surface area (Å²) >= 11 is 12.8. The van der Waals surface area contributed by atoms with Gasteiger partial charge in [-0.1, -0.05) is 23.7 Å². The van der Waals surface area contributed by atoms with Crippen molar-refractivity contribution in [2.45, 2.75) is 0 Å². The first-order valence-electron chi connectivity index (χ1n) is 4.24. The van der Waals surface area contributed by atoms with E-state index in [2.05, 4.69) is 36.8 Å². The van der Waals surface area contributed by atoms with Crippen LogP contribution in [-0.2, 0) is 0 Å². The van der Waals surface area contributed by atoms with Crippen LogP contribution in [0.25, 0.3) is 11.1 Å². The van der Waals surface area contributed by atoms with Gasteiger partial charge in [0.1, 0.15) is 4.60 Å². The van der Waals surface area contributed by atoms with E-state index in [9.17, 15) is 0 Å². The minimum atomic E-state index is 0.729. The van der Waals surface area contributed by atoms with E-state index < -0.39 is 0 Å². The molecule has 2 rings (SSSR count). The summed E-state index contributed by atoms with van der Waals surface area (Å²) in [5.74, 6) is 0. The average Bonchev–Trinajstić information content (AvgIpc) is 2.22. The maximum Gasteiger partial charge on any atom is 0.106 e. The van der Waals surface area contributed by atoms with Crippen molar-refractivity contribution in [2.75, 3.05) is 0 Å². The van der Waals surface area contributed by atoms with Crippen molar-refractivity contribution < 1.29 is 0 Å². The highest BCUT2D eigenvalue weighted by atomic mass is 79.9. The lowest BCUT2D eigenvalue weighted by atomic mass is 10.1. The molecule has 0 unspecified atom stereocenters. The van der Waals surface area contributed by atoms with E-state index >= 15 is 0 Å². The Labute approximate surface area is 110 Å². The van der Waals surface area contributed by atoms with E-state index in [4.69, 9.17) is 11.6 Å². The van der Waals surface area contributed by atoms with Crippen LogP contribution in [0.3, 0.4) is 0 Å². The SMILES string of the molecule is Clc1cccc(-c2cc(Br)ncc2Br)c1. The molecule has 0 amide bonds. The molecule has 1 nitrogen and oxygen atoms in total. The number of hydrogen-bond acceptors (Lipinski definition) is 1. The van der Waals surface area contributed by atoms with E-state index in [0.717, 1.165) is 25.2 Å². The standard InChI is InChI=1S/C11H6Br2ClN/c12-10-6-15-11(13)5-9(10)7-2-1-3-8(14)4-7/h1-6H. The number of hydrogen-bond donors (Lipinski definition) is 0. The minimum Gasteiger partial charge on any atom is -0.248 e. The van der Waals surface area contributed by atoms with Gasteiger partial charge >= 0.3 is 0 Å². The molecule has 0 N–H and O–H groups in total. The topological polar surface area (TPSA) is 12.9 Å².